The molecule has 0 aliphatic heterocycles. The molecule has 1 aromatic heterocycles. The Morgan fingerprint density at radius 2 is 1.90 bits per heavy atom. The number of benzene rings is 1. The van der Waals surface area contributed by atoms with Crippen molar-refractivity contribution >= 4 is 11.6 Å². The maximum atomic E-state index is 12.0. The van der Waals surface area contributed by atoms with Gasteiger partial charge in [0.1, 0.15) is 0 Å². The van der Waals surface area contributed by atoms with Crippen LogP contribution in [0.5, 0.6) is 0 Å². The molecule has 0 spiro atoms. The lowest BCUT2D eigenvalue weighted by Crippen LogP contribution is -2.40. The maximum absolute atomic E-state index is 12.0. The first-order valence-electron chi connectivity index (χ1n) is 6.65. The second-order valence-electron chi connectivity index (χ2n) is 4.77. The second kappa shape index (κ2) is 6.29. The lowest BCUT2D eigenvalue weighted by atomic mass is 9.99. The van der Waals surface area contributed by atoms with E-state index < -0.39 is 6.04 Å². The van der Waals surface area contributed by atoms with Gasteiger partial charge in [0.25, 0.3) is 0 Å². The summed E-state index contributed by atoms with van der Waals surface area (Å²) in [7, 11) is 0. The third kappa shape index (κ3) is 3.21. The average molecular weight is 273 g/mol. The first-order chi connectivity index (χ1) is 9.61. The van der Waals surface area contributed by atoms with Crippen LogP contribution in [0.15, 0.2) is 36.7 Å². The Balaban J connectivity index is 2.02. The highest BCUT2D eigenvalue weighted by Gasteiger charge is 2.19. The van der Waals surface area contributed by atoms with E-state index in [1.54, 1.807) is 24.5 Å². The molecule has 1 aromatic carbocycles. The lowest BCUT2D eigenvalue weighted by molar-refractivity contribution is -0.118. The molecule has 1 heterocycles. The van der Waals surface area contributed by atoms with Crippen LogP contribution in [0, 0.1) is 5.92 Å². The fourth-order valence-electron chi connectivity index (χ4n) is 1.77. The summed E-state index contributed by atoms with van der Waals surface area (Å²) in [5.41, 5.74) is 7.44. The van der Waals surface area contributed by atoms with Gasteiger partial charge in [0, 0.05) is 5.69 Å². The Bertz CT molecular complexity index is 549. The largest absolute Gasteiger partial charge is 0.325 e. The molecule has 0 bridgehead atoms. The Morgan fingerprint density at radius 3 is 2.45 bits per heavy atom. The molecule has 0 radical (unpaired) electrons. The van der Waals surface area contributed by atoms with Crippen molar-refractivity contribution in [3.8, 4) is 5.69 Å². The summed E-state index contributed by atoms with van der Waals surface area (Å²) in [5.74, 6) is -0.00754. The van der Waals surface area contributed by atoms with Gasteiger partial charge in [0.05, 0.1) is 24.1 Å². The summed E-state index contributed by atoms with van der Waals surface area (Å²) in [5, 5.41) is 10.9. The zero-order chi connectivity index (χ0) is 14.5. The van der Waals surface area contributed by atoms with Crippen LogP contribution < -0.4 is 11.1 Å². The number of carbonyl (C=O) groups is 1. The van der Waals surface area contributed by atoms with E-state index in [-0.39, 0.29) is 11.8 Å². The predicted molar refractivity (Wildman–Crippen MR) is 77.4 cm³/mol. The molecule has 0 saturated carbocycles. The smallest absolute Gasteiger partial charge is 0.241 e. The highest BCUT2D eigenvalue weighted by atomic mass is 16.2. The molecular weight excluding hydrogens is 254 g/mol. The van der Waals surface area contributed by atoms with E-state index in [1.807, 2.05) is 26.0 Å². The zero-order valence-electron chi connectivity index (χ0n) is 11.7. The van der Waals surface area contributed by atoms with Crippen LogP contribution >= 0.6 is 0 Å². The van der Waals surface area contributed by atoms with Gasteiger partial charge in [0.2, 0.25) is 5.91 Å². The van der Waals surface area contributed by atoms with Gasteiger partial charge in [-0.05, 0) is 30.2 Å². The second-order valence-corrected chi connectivity index (χ2v) is 4.77. The minimum absolute atomic E-state index is 0.155. The highest BCUT2D eigenvalue weighted by molar-refractivity contribution is 5.94. The number of nitrogens with zero attached hydrogens (tertiary/aromatic N) is 3. The van der Waals surface area contributed by atoms with Gasteiger partial charge in [0.15, 0.2) is 0 Å². The molecule has 6 nitrogen and oxygen atoms in total. The lowest BCUT2D eigenvalue weighted by Gasteiger charge is -2.17. The summed E-state index contributed by atoms with van der Waals surface area (Å²) in [4.78, 5) is 13.5. The molecule has 3 N–H and O–H groups in total. The molecule has 1 unspecified atom stereocenters. The number of carbonyl (C=O) groups excluding carboxylic acids is 1. The summed E-state index contributed by atoms with van der Waals surface area (Å²) in [6, 6.07) is 6.79. The minimum Gasteiger partial charge on any atom is -0.325 e. The summed E-state index contributed by atoms with van der Waals surface area (Å²) >= 11 is 0. The van der Waals surface area contributed by atoms with Crippen LogP contribution in [0.1, 0.15) is 20.3 Å². The summed E-state index contributed by atoms with van der Waals surface area (Å²) in [6.07, 6.45) is 4.10. The molecule has 0 aliphatic rings. The number of nitrogens with two attached hydrogens (primary N) is 1. The molecule has 20 heavy (non-hydrogen) atoms. The number of hydrogen-bond acceptors (Lipinski definition) is 4. The monoisotopic (exact) mass is 273 g/mol. The topological polar surface area (TPSA) is 85.8 Å². The first-order valence-corrected chi connectivity index (χ1v) is 6.65. The van der Waals surface area contributed by atoms with E-state index in [2.05, 4.69) is 15.5 Å². The Labute approximate surface area is 118 Å². The molecule has 2 atom stereocenters. The van der Waals surface area contributed by atoms with Gasteiger partial charge in [-0.2, -0.15) is 15.0 Å². The normalized spacial score (nSPS) is 13.8. The summed E-state index contributed by atoms with van der Waals surface area (Å²) < 4.78 is 0. The van der Waals surface area contributed by atoms with E-state index >= 15 is 0 Å². The quantitative estimate of drug-likeness (QED) is 0.866. The number of aromatic nitrogens is 3. The van der Waals surface area contributed by atoms with E-state index in [0.717, 1.165) is 12.1 Å². The van der Waals surface area contributed by atoms with Crippen LogP contribution in [0.3, 0.4) is 0 Å². The Morgan fingerprint density at radius 1 is 1.30 bits per heavy atom. The molecule has 2 rings (SSSR count). The number of nitrogens with one attached hydrogen (secondary N) is 1. The van der Waals surface area contributed by atoms with E-state index in [1.165, 1.54) is 4.80 Å². The van der Waals surface area contributed by atoms with Gasteiger partial charge in [-0.15, -0.1) is 0 Å². The van der Waals surface area contributed by atoms with Crippen LogP contribution in [0.2, 0.25) is 0 Å². The standard InChI is InChI=1S/C14H19N5O/c1-3-10(2)13(15)14(20)18-11-4-6-12(7-5-11)19-16-8-9-17-19/h4-10,13H,3,15H2,1-2H3,(H,18,20)/t10?,13-/m0/s1. The van der Waals surface area contributed by atoms with Crippen LogP contribution in [0.4, 0.5) is 5.69 Å². The van der Waals surface area contributed by atoms with E-state index in [0.29, 0.717) is 5.69 Å². The van der Waals surface area contributed by atoms with Gasteiger partial charge in [-0.25, -0.2) is 0 Å². The Hall–Kier alpha value is -2.21. The van der Waals surface area contributed by atoms with Crippen molar-refractivity contribution < 1.29 is 4.79 Å². The van der Waals surface area contributed by atoms with Gasteiger partial charge in [-0.3, -0.25) is 4.79 Å². The third-order valence-electron chi connectivity index (χ3n) is 3.34. The van der Waals surface area contributed by atoms with Crippen molar-refractivity contribution in [1.29, 1.82) is 0 Å². The van der Waals surface area contributed by atoms with Crippen molar-refractivity contribution in [3.63, 3.8) is 0 Å². The zero-order valence-corrected chi connectivity index (χ0v) is 11.7. The van der Waals surface area contributed by atoms with Gasteiger partial charge >= 0.3 is 0 Å². The molecule has 106 valence electrons. The number of anilines is 1. The number of amides is 1. The minimum atomic E-state index is -0.493. The molecule has 0 fully saturated rings. The molecular formula is C14H19N5O. The fourth-order valence-corrected chi connectivity index (χ4v) is 1.77. The van der Waals surface area contributed by atoms with Gasteiger partial charge in [-0.1, -0.05) is 20.3 Å². The first kappa shape index (κ1) is 14.2. The van der Waals surface area contributed by atoms with Crippen molar-refractivity contribution in [2.24, 2.45) is 11.7 Å². The average Bonchev–Trinajstić information content (AvgIpc) is 3.00. The maximum Gasteiger partial charge on any atom is 0.241 e. The van der Waals surface area contributed by atoms with Crippen molar-refractivity contribution in [1.82, 2.24) is 15.0 Å². The third-order valence-corrected chi connectivity index (χ3v) is 3.34. The van der Waals surface area contributed by atoms with E-state index in [9.17, 15) is 4.79 Å². The van der Waals surface area contributed by atoms with Crippen LogP contribution in [0.25, 0.3) is 5.69 Å². The molecule has 2 aromatic rings. The van der Waals surface area contributed by atoms with Crippen molar-refractivity contribution in [2.45, 2.75) is 26.3 Å². The Kier molecular flexibility index (Phi) is 4.47. The number of rotatable bonds is 5. The summed E-state index contributed by atoms with van der Waals surface area (Å²) in [6.45, 7) is 3.99. The molecule has 0 saturated heterocycles. The molecule has 6 heteroatoms. The molecule has 1 amide bonds. The van der Waals surface area contributed by atoms with Crippen molar-refractivity contribution in [3.05, 3.63) is 36.7 Å². The van der Waals surface area contributed by atoms with E-state index in [4.69, 9.17) is 5.73 Å². The molecule has 0 aliphatic carbocycles. The predicted octanol–water partition coefficient (Wildman–Crippen LogP) is 1.58. The van der Waals surface area contributed by atoms with Crippen LogP contribution in [-0.4, -0.2) is 26.9 Å². The van der Waals surface area contributed by atoms with Crippen LogP contribution in [-0.2, 0) is 4.79 Å². The van der Waals surface area contributed by atoms with Crippen molar-refractivity contribution in [2.75, 3.05) is 5.32 Å². The SMILES string of the molecule is CCC(C)[C@H](N)C(=O)Nc1ccc(-n2nccn2)cc1. The highest BCUT2D eigenvalue weighted by Crippen LogP contribution is 2.13. The fraction of sp³-hybridized carbons (Fsp3) is 0.357. The number of hydrogen-bond donors (Lipinski definition) is 2. The van der Waals surface area contributed by atoms with Gasteiger partial charge < -0.3 is 11.1 Å².